The topological polar surface area (TPSA) is 131 Å². The van der Waals surface area contributed by atoms with Gasteiger partial charge in [0, 0.05) is 0 Å². The second kappa shape index (κ2) is 19.5. The number of furan rings is 10. The Balaban J connectivity index is 0.000000128. The molecular weight excluding hydrogens is 785 g/mol. The minimum atomic E-state index is -0.305. The molecule has 0 aliphatic rings. The Hall–Kier alpha value is -7.20. The highest BCUT2D eigenvalue weighted by atomic mass is 16.4. The van der Waals surface area contributed by atoms with Crippen molar-refractivity contribution in [3.8, 4) is 0 Å². The van der Waals surface area contributed by atoms with Gasteiger partial charge in [-0.3, -0.25) is 0 Å². The van der Waals surface area contributed by atoms with Gasteiger partial charge >= 0.3 is 0 Å². The molecule has 0 bridgehead atoms. The Morgan fingerprint density at radius 2 is 0.516 bits per heavy atom. The molecule has 0 aromatic carbocycles. The van der Waals surface area contributed by atoms with Gasteiger partial charge in [0.15, 0.2) is 0 Å². The van der Waals surface area contributed by atoms with Crippen LogP contribution < -0.4 is 0 Å². The van der Waals surface area contributed by atoms with E-state index < -0.39 is 0 Å². The first-order valence-corrected chi connectivity index (χ1v) is 20.4. The maximum atomic E-state index is 6.14. The van der Waals surface area contributed by atoms with Crippen LogP contribution in [0.5, 0.6) is 0 Å². The summed E-state index contributed by atoms with van der Waals surface area (Å²) in [5.74, 6) is 10.9. The van der Waals surface area contributed by atoms with Gasteiger partial charge in [0.05, 0.1) is 85.6 Å². The molecule has 0 radical (unpaired) electrons. The van der Waals surface area contributed by atoms with E-state index in [-0.39, 0.29) is 16.2 Å². The van der Waals surface area contributed by atoms with E-state index in [4.69, 9.17) is 44.2 Å². The molecule has 0 atom stereocenters. The lowest BCUT2D eigenvalue weighted by atomic mass is 9.87. The summed E-state index contributed by atoms with van der Waals surface area (Å²) >= 11 is 0. The van der Waals surface area contributed by atoms with Crippen LogP contribution in [0.25, 0.3) is 0 Å². The molecule has 10 heterocycles. The molecule has 0 spiro atoms. The Kier molecular flexibility index (Phi) is 13.5. The average molecular weight is 837 g/mol. The van der Waals surface area contributed by atoms with Crippen LogP contribution in [0.1, 0.15) is 111 Å². The quantitative estimate of drug-likeness (QED) is 0.117. The number of rotatable bonds is 12. The van der Waals surface area contributed by atoms with Crippen LogP contribution in [0.2, 0.25) is 0 Å². The minimum absolute atomic E-state index is 0.188. The average Bonchev–Trinajstić information content (AvgIpc) is 4.12. The SMILES string of the molecule is CC(C)(c1ccco1)c1ccc(C(C)(C)c2ccco2)o1.CC(C)(c1ccco1)c1ccco1.c1coc(Cc2ccc(Cc3ccco3)o2)c1.c1coc(Cc2ccco2)c1. The molecule has 0 amide bonds. The molecule has 0 fully saturated rings. The number of hydrogen-bond donors (Lipinski definition) is 0. The molecule has 320 valence electrons. The van der Waals surface area contributed by atoms with Crippen molar-refractivity contribution >= 4 is 0 Å². The van der Waals surface area contributed by atoms with Gasteiger partial charge in [0.1, 0.15) is 69.1 Å². The van der Waals surface area contributed by atoms with Crippen LogP contribution in [0, 0.1) is 0 Å². The first-order valence-electron chi connectivity index (χ1n) is 20.4. The Bertz CT molecular complexity index is 2460. The van der Waals surface area contributed by atoms with Gasteiger partial charge in [-0.15, -0.1) is 0 Å². The lowest BCUT2D eigenvalue weighted by molar-refractivity contribution is 0.314. The van der Waals surface area contributed by atoms with E-state index in [9.17, 15) is 0 Å². The van der Waals surface area contributed by atoms with E-state index in [0.717, 1.165) is 75.5 Å². The Morgan fingerprint density at radius 3 is 0.774 bits per heavy atom. The van der Waals surface area contributed by atoms with Crippen molar-refractivity contribution in [3.63, 3.8) is 0 Å². The maximum Gasteiger partial charge on any atom is 0.117 e. The van der Waals surface area contributed by atoms with Gasteiger partial charge in [-0.1, -0.05) is 0 Å². The summed E-state index contributed by atoms with van der Waals surface area (Å²) < 4.78 is 54.5. The van der Waals surface area contributed by atoms with Crippen LogP contribution in [0.3, 0.4) is 0 Å². The highest BCUT2D eigenvalue weighted by Gasteiger charge is 2.34. The van der Waals surface area contributed by atoms with Crippen molar-refractivity contribution in [1.29, 1.82) is 0 Å². The van der Waals surface area contributed by atoms with Crippen molar-refractivity contribution in [1.82, 2.24) is 0 Å². The molecule has 10 rings (SSSR count). The summed E-state index contributed by atoms with van der Waals surface area (Å²) in [5, 5.41) is 0. The van der Waals surface area contributed by atoms with E-state index in [2.05, 4.69) is 41.5 Å². The van der Waals surface area contributed by atoms with Crippen LogP contribution >= 0.6 is 0 Å². The smallest absolute Gasteiger partial charge is 0.117 e. The first-order chi connectivity index (χ1) is 30.0. The van der Waals surface area contributed by atoms with Crippen molar-refractivity contribution in [2.24, 2.45) is 0 Å². The Morgan fingerprint density at radius 1 is 0.258 bits per heavy atom. The van der Waals surface area contributed by atoms with E-state index in [1.807, 2.05) is 121 Å². The first kappa shape index (κ1) is 42.9. The molecule has 10 nitrogen and oxygen atoms in total. The van der Waals surface area contributed by atoms with Crippen LogP contribution in [-0.2, 0) is 35.5 Å². The largest absolute Gasteiger partial charge is 0.469 e. The molecular formula is C52H52O10. The third-order valence-electron chi connectivity index (χ3n) is 10.5. The van der Waals surface area contributed by atoms with Crippen LogP contribution in [-0.4, -0.2) is 0 Å². The predicted molar refractivity (Wildman–Crippen MR) is 232 cm³/mol. The fraction of sp³-hybridized carbons (Fsp3) is 0.231. The number of hydrogen-bond acceptors (Lipinski definition) is 10. The summed E-state index contributed by atoms with van der Waals surface area (Å²) in [7, 11) is 0. The molecule has 0 aliphatic heterocycles. The lowest BCUT2D eigenvalue weighted by Gasteiger charge is -2.22. The van der Waals surface area contributed by atoms with E-state index >= 15 is 0 Å². The molecule has 0 N–H and O–H groups in total. The van der Waals surface area contributed by atoms with Gasteiger partial charge in [-0.05, 0) is 163 Å². The highest BCUT2D eigenvalue weighted by molar-refractivity contribution is 5.32. The van der Waals surface area contributed by atoms with Gasteiger partial charge in [-0.2, -0.15) is 0 Å². The van der Waals surface area contributed by atoms with Crippen molar-refractivity contribution in [3.05, 3.63) is 241 Å². The van der Waals surface area contributed by atoms with Crippen molar-refractivity contribution in [2.75, 3.05) is 0 Å². The van der Waals surface area contributed by atoms with Gasteiger partial charge in [-0.25, -0.2) is 0 Å². The summed E-state index contributed by atoms with van der Waals surface area (Å²) in [5.41, 5.74) is -0.797. The molecule has 0 saturated heterocycles. The monoisotopic (exact) mass is 836 g/mol. The Labute approximate surface area is 360 Å². The zero-order chi connectivity index (χ0) is 43.4. The van der Waals surface area contributed by atoms with Gasteiger partial charge in [0.2, 0.25) is 0 Å². The fourth-order valence-corrected chi connectivity index (χ4v) is 6.69. The molecule has 62 heavy (non-hydrogen) atoms. The maximum absolute atomic E-state index is 6.14. The summed E-state index contributed by atoms with van der Waals surface area (Å²) in [4.78, 5) is 0. The second-order valence-electron chi connectivity index (χ2n) is 16.2. The van der Waals surface area contributed by atoms with Gasteiger partial charge in [0.25, 0.3) is 0 Å². The molecule has 10 aromatic rings. The zero-order valence-electron chi connectivity index (χ0n) is 35.9. The molecule has 0 unspecified atom stereocenters. The normalized spacial score (nSPS) is 11.6. The third-order valence-corrected chi connectivity index (χ3v) is 10.5. The van der Waals surface area contributed by atoms with Crippen molar-refractivity contribution in [2.45, 2.75) is 77.0 Å². The van der Waals surface area contributed by atoms with Gasteiger partial charge < -0.3 is 44.2 Å². The zero-order valence-corrected chi connectivity index (χ0v) is 35.9. The standard InChI is InChI=1S/C18H20O3.C14H12O3.C11H12O2.C9H8O2/c1-17(2,13-7-5-11-19-13)15-9-10-16(21-15)18(3,4)14-8-6-12-20-14;1-3-11(15-7-1)9-13-5-6-14(17-13)10-12-4-2-8-16-12;1-11(2,9-5-3-7-12-9)10-6-4-8-13-10;1-3-8(10-5-1)7-9-4-2-6-11-9/h5-12H,1-4H3;1-8H,9-10H2;3-8H,1-2H3;1-6H,7H2. The lowest BCUT2D eigenvalue weighted by Crippen LogP contribution is -2.19. The molecule has 10 heteroatoms. The summed E-state index contributed by atoms with van der Waals surface area (Å²) in [6.45, 7) is 12.5. The minimum Gasteiger partial charge on any atom is -0.469 e. The fourth-order valence-electron chi connectivity index (χ4n) is 6.69. The van der Waals surface area contributed by atoms with Crippen molar-refractivity contribution < 1.29 is 44.2 Å². The molecule has 0 saturated carbocycles. The summed E-state index contributed by atoms with van der Waals surface area (Å²) in [6.07, 6.45) is 15.5. The predicted octanol–water partition coefficient (Wildman–Crippen LogP) is 14.4. The molecule has 0 aliphatic carbocycles. The van der Waals surface area contributed by atoms with E-state index in [0.29, 0.717) is 12.8 Å². The van der Waals surface area contributed by atoms with Crippen LogP contribution in [0.15, 0.2) is 216 Å². The van der Waals surface area contributed by atoms with E-state index in [1.54, 1.807) is 50.1 Å². The van der Waals surface area contributed by atoms with E-state index in [1.165, 1.54) is 0 Å². The highest BCUT2D eigenvalue weighted by Crippen LogP contribution is 2.38. The second-order valence-corrected chi connectivity index (χ2v) is 16.2. The third kappa shape index (κ3) is 10.8. The molecule has 10 aromatic heterocycles. The van der Waals surface area contributed by atoms with Crippen LogP contribution in [0.4, 0.5) is 0 Å². The summed E-state index contributed by atoms with van der Waals surface area (Å²) in [6, 6.07) is 38.7.